The quantitative estimate of drug-likeness (QED) is 0.829. The molecule has 3 atom stereocenters. The Morgan fingerprint density at radius 1 is 1.26 bits per heavy atom. The van der Waals surface area contributed by atoms with Gasteiger partial charge in [0.05, 0.1) is 0 Å². The first-order chi connectivity index (χ1) is 10.6. The molecule has 1 aromatic carbocycles. The predicted octanol–water partition coefficient (Wildman–Crippen LogP) is 3.23. The van der Waals surface area contributed by atoms with E-state index in [0.29, 0.717) is 30.2 Å². The molecule has 2 heterocycles. The maximum absolute atomic E-state index is 12.3. The van der Waals surface area contributed by atoms with Crippen LogP contribution in [0, 0.1) is 18.8 Å². The van der Waals surface area contributed by atoms with E-state index in [1.165, 1.54) is 11.1 Å². The van der Waals surface area contributed by atoms with E-state index >= 15 is 0 Å². The second-order valence-corrected chi connectivity index (χ2v) is 7.69. The van der Waals surface area contributed by atoms with Gasteiger partial charge >= 0.3 is 0 Å². The normalized spacial score (nSPS) is 26.9. The lowest BCUT2D eigenvalue weighted by molar-refractivity contribution is -0.130. The molecule has 5 heteroatoms. The molecule has 128 valence electrons. The predicted molar refractivity (Wildman–Crippen MR) is 100 cm³/mol. The third-order valence-electron chi connectivity index (χ3n) is 5.27. The van der Waals surface area contributed by atoms with Crippen LogP contribution in [0.3, 0.4) is 0 Å². The van der Waals surface area contributed by atoms with E-state index in [1.807, 2.05) is 0 Å². The average Bonchev–Trinajstić information content (AvgIpc) is 3.02. The summed E-state index contributed by atoms with van der Waals surface area (Å²) in [6, 6.07) is 9.17. The number of aryl methyl sites for hydroxylation is 1. The molecule has 2 fully saturated rings. The Labute approximate surface area is 150 Å². The number of benzene rings is 1. The molecule has 2 aliphatic heterocycles. The topological polar surface area (TPSA) is 23.6 Å². The highest BCUT2D eigenvalue weighted by Gasteiger charge is 2.47. The van der Waals surface area contributed by atoms with Gasteiger partial charge in [-0.05, 0) is 37.3 Å². The Balaban J connectivity index is 0.00000192. The van der Waals surface area contributed by atoms with Gasteiger partial charge in [0, 0.05) is 43.8 Å². The highest BCUT2D eigenvalue weighted by Crippen LogP contribution is 2.44. The summed E-state index contributed by atoms with van der Waals surface area (Å²) in [7, 11) is 2.23. The van der Waals surface area contributed by atoms with Gasteiger partial charge in [-0.2, -0.15) is 11.8 Å². The van der Waals surface area contributed by atoms with E-state index in [0.717, 1.165) is 25.4 Å². The number of halogens is 1. The number of rotatable bonds is 4. The molecule has 0 aliphatic carbocycles. The van der Waals surface area contributed by atoms with Gasteiger partial charge in [-0.15, -0.1) is 12.4 Å². The Hall–Kier alpha value is -0.710. The number of likely N-dealkylation sites (tertiary alicyclic amines) is 2. The monoisotopic (exact) mass is 354 g/mol. The Morgan fingerprint density at radius 2 is 2.00 bits per heavy atom. The zero-order chi connectivity index (χ0) is 15.7. The fraction of sp³-hybridized carbons (Fsp3) is 0.611. The molecule has 0 aromatic heterocycles. The van der Waals surface area contributed by atoms with Crippen LogP contribution in [0.5, 0.6) is 0 Å². The van der Waals surface area contributed by atoms with Gasteiger partial charge in [0.1, 0.15) is 0 Å². The molecule has 2 saturated heterocycles. The number of fused-ring (bicyclic) bond motifs is 1. The van der Waals surface area contributed by atoms with Gasteiger partial charge in [-0.1, -0.05) is 24.3 Å². The second-order valence-electron chi connectivity index (χ2n) is 6.71. The van der Waals surface area contributed by atoms with E-state index < -0.39 is 0 Å². The standard InChI is InChI=1S/C18H26N2OS.ClH/c1-13-6-4-5-7-15(13)18-16-12-20(17(21)8-9-22-3)11-14(16)10-19(18)2;/h4-7,14,16,18H,8-12H2,1-3H3;1H/t14-,16+,18+;/m0./s1. The number of carbonyl (C=O) groups is 1. The fourth-order valence-corrected chi connectivity index (χ4v) is 4.57. The van der Waals surface area contributed by atoms with Crippen molar-refractivity contribution in [1.29, 1.82) is 0 Å². The Bertz CT molecular complexity index is 554. The van der Waals surface area contributed by atoms with Crippen molar-refractivity contribution in [2.45, 2.75) is 19.4 Å². The third kappa shape index (κ3) is 3.70. The number of hydrogen-bond donors (Lipinski definition) is 0. The molecule has 0 unspecified atom stereocenters. The largest absolute Gasteiger partial charge is 0.342 e. The maximum atomic E-state index is 12.3. The van der Waals surface area contributed by atoms with Crippen molar-refractivity contribution in [3.63, 3.8) is 0 Å². The van der Waals surface area contributed by atoms with Crippen molar-refractivity contribution in [3.05, 3.63) is 35.4 Å². The van der Waals surface area contributed by atoms with Crippen molar-refractivity contribution < 1.29 is 4.79 Å². The lowest BCUT2D eigenvalue weighted by Crippen LogP contribution is -2.33. The highest BCUT2D eigenvalue weighted by molar-refractivity contribution is 7.98. The lowest BCUT2D eigenvalue weighted by atomic mass is 9.88. The molecule has 0 N–H and O–H groups in total. The average molecular weight is 355 g/mol. The molecule has 0 saturated carbocycles. The minimum Gasteiger partial charge on any atom is -0.342 e. The van der Waals surface area contributed by atoms with Crippen molar-refractivity contribution in [2.24, 2.45) is 11.8 Å². The van der Waals surface area contributed by atoms with Crippen molar-refractivity contribution in [2.75, 3.05) is 38.7 Å². The fourth-order valence-electron chi connectivity index (χ4n) is 4.20. The zero-order valence-electron chi connectivity index (χ0n) is 14.2. The summed E-state index contributed by atoms with van der Waals surface area (Å²) in [4.78, 5) is 16.9. The van der Waals surface area contributed by atoms with Crippen LogP contribution >= 0.6 is 24.2 Å². The van der Waals surface area contributed by atoms with E-state index in [-0.39, 0.29) is 12.4 Å². The van der Waals surface area contributed by atoms with Gasteiger partial charge in [0.2, 0.25) is 5.91 Å². The van der Waals surface area contributed by atoms with Crippen LogP contribution < -0.4 is 0 Å². The van der Waals surface area contributed by atoms with Crippen LogP contribution in [0.15, 0.2) is 24.3 Å². The first kappa shape index (κ1) is 18.6. The van der Waals surface area contributed by atoms with Crippen molar-refractivity contribution >= 4 is 30.1 Å². The molecular weight excluding hydrogens is 328 g/mol. The number of nitrogens with zero attached hydrogens (tertiary/aromatic N) is 2. The van der Waals surface area contributed by atoms with Gasteiger partial charge in [0.25, 0.3) is 0 Å². The maximum Gasteiger partial charge on any atom is 0.223 e. The van der Waals surface area contributed by atoms with Crippen molar-refractivity contribution in [1.82, 2.24) is 9.80 Å². The highest BCUT2D eigenvalue weighted by atomic mass is 35.5. The Kier molecular flexibility index (Phi) is 6.40. The summed E-state index contributed by atoms with van der Waals surface area (Å²) in [6.45, 7) is 5.19. The lowest BCUT2D eigenvalue weighted by Gasteiger charge is -2.28. The van der Waals surface area contributed by atoms with Crippen LogP contribution in [0.1, 0.15) is 23.6 Å². The van der Waals surface area contributed by atoms with Crippen LogP contribution in [0.25, 0.3) is 0 Å². The minimum absolute atomic E-state index is 0. The summed E-state index contributed by atoms with van der Waals surface area (Å²) in [6.07, 6.45) is 2.75. The van der Waals surface area contributed by atoms with E-state index in [4.69, 9.17) is 0 Å². The third-order valence-corrected chi connectivity index (χ3v) is 5.89. The first-order valence-electron chi connectivity index (χ1n) is 8.14. The molecule has 1 aromatic rings. The van der Waals surface area contributed by atoms with Gasteiger partial charge in [0.15, 0.2) is 0 Å². The SMILES string of the molecule is CSCCC(=O)N1C[C@@H]2CN(C)[C@H](c3ccccc3C)[C@@H]2C1.Cl. The van der Waals surface area contributed by atoms with Crippen molar-refractivity contribution in [3.8, 4) is 0 Å². The Morgan fingerprint density at radius 3 is 2.70 bits per heavy atom. The molecule has 0 bridgehead atoms. The summed E-state index contributed by atoms with van der Waals surface area (Å²) < 4.78 is 0. The second kappa shape index (κ2) is 7.91. The van der Waals surface area contributed by atoms with E-state index in [1.54, 1.807) is 11.8 Å². The molecular formula is C18H27ClN2OS. The minimum atomic E-state index is 0. The first-order valence-corrected chi connectivity index (χ1v) is 9.53. The summed E-state index contributed by atoms with van der Waals surface area (Å²) in [5, 5.41) is 0. The number of hydrogen-bond acceptors (Lipinski definition) is 3. The molecule has 1 amide bonds. The van der Waals surface area contributed by atoms with E-state index in [2.05, 4.69) is 54.3 Å². The molecule has 0 spiro atoms. The summed E-state index contributed by atoms with van der Waals surface area (Å²) >= 11 is 1.75. The summed E-state index contributed by atoms with van der Waals surface area (Å²) in [5.74, 6) is 2.50. The smallest absolute Gasteiger partial charge is 0.223 e. The molecule has 3 nitrogen and oxygen atoms in total. The van der Waals surface area contributed by atoms with Crippen LogP contribution in [0.2, 0.25) is 0 Å². The van der Waals surface area contributed by atoms with Gasteiger partial charge < -0.3 is 4.90 Å². The zero-order valence-corrected chi connectivity index (χ0v) is 15.8. The molecule has 3 rings (SSSR count). The molecule has 23 heavy (non-hydrogen) atoms. The molecule has 0 radical (unpaired) electrons. The number of amides is 1. The number of thioether (sulfide) groups is 1. The van der Waals surface area contributed by atoms with Gasteiger partial charge in [-0.3, -0.25) is 9.69 Å². The summed E-state index contributed by atoms with van der Waals surface area (Å²) in [5.41, 5.74) is 2.81. The number of carbonyl (C=O) groups excluding carboxylic acids is 1. The van der Waals surface area contributed by atoms with Crippen LogP contribution in [-0.2, 0) is 4.79 Å². The van der Waals surface area contributed by atoms with Gasteiger partial charge in [-0.25, -0.2) is 0 Å². The van der Waals surface area contributed by atoms with Crippen LogP contribution in [0.4, 0.5) is 0 Å². The van der Waals surface area contributed by atoms with E-state index in [9.17, 15) is 4.79 Å². The molecule has 2 aliphatic rings. The van der Waals surface area contributed by atoms with Crippen LogP contribution in [-0.4, -0.2) is 54.4 Å².